The molecule has 0 bridgehead atoms. The number of nitrogens with one attached hydrogen (secondary N) is 1. The van der Waals surface area contributed by atoms with Crippen molar-refractivity contribution in [3.05, 3.63) is 0 Å². The molecule has 106 valence electrons. The molecule has 2 rings (SSSR count). The number of hydrogen-bond acceptors (Lipinski definition) is 3. The first-order chi connectivity index (χ1) is 8.86. The summed E-state index contributed by atoms with van der Waals surface area (Å²) in [4.78, 5) is 0. The summed E-state index contributed by atoms with van der Waals surface area (Å²) in [6, 6.07) is 0.747. The Kier molecular flexibility index (Phi) is 6.46. The highest BCUT2D eigenvalue weighted by Gasteiger charge is 2.20. The second kappa shape index (κ2) is 8.13. The van der Waals surface area contributed by atoms with Crippen LogP contribution in [0.15, 0.2) is 0 Å². The van der Waals surface area contributed by atoms with Gasteiger partial charge in [-0.2, -0.15) is 0 Å². The van der Waals surface area contributed by atoms with Crippen molar-refractivity contribution in [3.8, 4) is 0 Å². The smallest absolute Gasteiger partial charge is 0.0809 e. The van der Waals surface area contributed by atoms with Crippen LogP contribution in [0.5, 0.6) is 0 Å². The SMILES string of the molecule is CC1CCCCC1NCCCOCC1CCCO1. The van der Waals surface area contributed by atoms with E-state index in [0.29, 0.717) is 6.10 Å². The Labute approximate surface area is 112 Å². The van der Waals surface area contributed by atoms with E-state index in [0.717, 1.165) is 44.7 Å². The van der Waals surface area contributed by atoms with Gasteiger partial charge in [0, 0.05) is 19.3 Å². The summed E-state index contributed by atoms with van der Waals surface area (Å²) in [5, 5.41) is 3.69. The fraction of sp³-hybridized carbons (Fsp3) is 1.00. The van der Waals surface area contributed by atoms with Gasteiger partial charge in [-0.25, -0.2) is 0 Å². The number of ether oxygens (including phenoxy) is 2. The molecule has 0 spiro atoms. The molecule has 0 aromatic heterocycles. The Bertz CT molecular complexity index is 217. The lowest BCUT2D eigenvalue weighted by Crippen LogP contribution is -2.38. The van der Waals surface area contributed by atoms with Crippen LogP contribution in [0.3, 0.4) is 0 Å². The topological polar surface area (TPSA) is 30.5 Å². The molecular formula is C15H29NO2. The zero-order valence-electron chi connectivity index (χ0n) is 11.8. The molecule has 1 heterocycles. The van der Waals surface area contributed by atoms with Crippen molar-refractivity contribution in [3.63, 3.8) is 0 Å². The number of rotatable bonds is 7. The Hall–Kier alpha value is -0.120. The maximum absolute atomic E-state index is 5.67. The molecule has 0 amide bonds. The molecule has 2 fully saturated rings. The lowest BCUT2D eigenvalue weighted by molar-refractivity contribution is 0.0164. The van der Waals surface area contributed by atoms with Crippen LogP contribution in [0.2, 0.25) is 0 Å². The van der Waals surface area contributed by atoms with Crippen molar-refractivity contribution < 1.29 is 9.47 Å². The van der Waals surface area contributed by atoms with Gasteiger partial charge in [0.25, 0.3) is 0 Å². The van der Waals surface area contributed by atoms with E-state index in [1.165, 1.54) is 38.5 Å². The minimum Gasteiger partial charge on any atom is -0.379 e. The molecule has 2 aliphatic rings. The normalized spacial score (nSPS) is 32.8. The third-order valence-corrected chi connectivity index (χ3v) is 4.31. The molecule has 1 aliphatic heterocycles. The van der Waals surface area contributed by atoms with Gasteiger partial charge in [-0.15, -0.1) is 0 Å². The van der Waals surface area contributed by atoms with Gasteiger partial charge >= 0.3 is 0 Å². The van der Waals surface area contributed by atoms with Gasteiger partial charge in [-0.1, -0.05) is 19.8 Å². The van der Waals surface area contributed by atoms with Crippen LogP contribution in [0.25, 0.3) is 0 Å². The second-order valence-corrected chi connectivity index (χ2v) is 5.89. The number of hydrogen-bond donors (Lipinski definition) is 1. The minimum absolute atomic E-state index is 0.372. The predicted molar refractivity (Wildman–Crippen MR) is 73.8 cm³/mol. The third-order valence-electron chi connectivity index (χ3n) is 4.31. The summed E-state index contributed by atoms with van der Waals surface area (Å²) < 4.78 is 11.2. The summed E-state index contributed by atoms with van der Waals surface area (Å²) in [6.07, 6.45) is 9.45. The average Bonchev–Trinajstić information content (AvgIpc) is 2.89. The van der Waals surface area contributed by atoms with Crippen molar-refractivity contribution in [1.29, 1.82) is 0 Å². The molecular weight excluding hydrogens is 226 g/mol. The highest BCUT2D eigenvalue weighted by atomic mass is 16.5. The first-order valence-electron chi connectivity index (χ1n) is 7.79. The van der Waals surface area contributed by atoms with Crippen LogP contribution < -0.4 is 5.32 Å². The third kappa shape index (κ3) is 4.87. The van der Waals surface area contributed by atoms with Gasteiger partial charge in [-0.05, 0) is 44.6 Å². The zero-order valence-corrected chi connectivity index (χ0v) is 11.8. The van der Waals surface area contributed by atoms with Crippen LogP contribution in [-0.2, 0) is 9.47 Å². The predicted octanol–water partition coefficient (Wildman–Crippen LogP) is 2.74. The molecule has 3 heteroatoms. The largest absolute Gasteiger partial charge is 0.379 e. The van der Waals surface area contributed by atoms with E-state index in [9.17, 15) is 0 Å². The lowest BCUT2D eigenvalue weighted by atomic mass is 9.86. The Morgan fingerprint density at radius 1 is 1.17 bits per heavy atom. The van der Waals surface area contributed by atoms with E-state index in [2.05, 4.69) is 12.2 Å². The first-order valence-corrected chi connectivity index (χ1v) is 7.79. The summed E-state index contributed by atoms with van der Waals surface area (Å²) >= 11 is 0. The van der Waals surface area contributed by atoms with E-state index < -0.39 is 0 Å². The maximum Gasteiger partial charge on any atom is 0.0809 e. The maximum atomic E-state index is 5.67. The summed E-state index contributed by atoms with van der Waals surface area (Å²) in [7, 11) is 0. The minimum atomic E-state index is 0.372. The second-order valence-electron chi connectivity index (χ2n) is 5.89. The average molecular weight is 255 g/mol. The molecule has 1 saturated carbocycles. The Morgan fingerprint density at radius 3 is 2.83 bits per heavy atom. The molecule has 1 saturated heterocycles. The van der Waals surface area contributed by atoms with Gasteiger partial charge in [0.2, 0.25) is 0 Å². The quantitative estimate of drug-likeness (QED) is 0.710. The lowest BCUT2D eigenvalue weighted by Gasteiger charge is -2.29. The molecule has 3 unspecified atom stereocenters. The Balaban J connectivity index is 1.43. The van der Waals surface area contributed by atoms with E-state index in [1.807, 2.05) is 0 Å². The van der Waals surface area contributed by atoms with Crippen LogP contribution in [0.1, 0.15) is 51.9 Å². The van der Waals surface area contributed by atoms with Gasteiger partial charge < -0.3 is 14.8 Å². The molecule has 3 nitrogen and oxygen atoms in total. The van der Waals surface area contributed by atoms with Crippen LogP contribution in [-0.4, -0.2) is 38.5 Å². The van der Waals surface area contributed by atoms with Crippen LogP contribution in [0.4, 0.5) is 0 Å². The molecule has 0 aromatic rings. The van der Waals surface area contributed by atoms with E-state index in [1.54, 1.807) is 0 Å². The molecule has 3 atom stereocenters. The first kappa shape index (κ1) is 14.3. The molecule has 1 aliphatic carbocycles. The summed E-state index contributed by atoms with van der Waals surface area (Å²) in [6.45, 7) is 6.06. The zero-order chi connectivity index (χ0) is 12.6. The fourth-order valence-corrected chi connectivity index (χ4v) is 3.07. The molecule has 0 aromatic carbocycles. The van der Waals surface area contributed by atoms with Gasteiger partial charge in [-0.3, -0.25) is 0 Å². The van der Waals surface area contributed by atoms with Gasteiger partial charge in [0.15, 0.2) is 0 Å². The van der Waals surface area contributed by atoms with Crippen molar-refractivity contribution >= 4 is 0 Å². The monoisotopic (exact) mass is 255 g/mol. The highest BCUT2D eigenvalue weighted by molar-refractivity contribution is 4.77. The molecule has 18 heavy (non-hydrogen) atoms. The highest BCUT2D eigenvalue weighted by Crippen LogP contribution is 2.23. The van der Waals surface area contributed by atoms with Crippen molar-refractivity contribution in [2.75, 3.05) is 26.4 Å². The molecule has 1 N–H and O–H groups in total. The fourth-order valence-electron chi connectivity index (χ4n) is 3.07. The Morgan fingerprint density at radius 2 is 2.06 bits per heavy atom. The van der Waals surface area contributed by atoms with E-state index >= 15 is 0 Å². The van der Waals surface area contributed by atoms with Crippen molar-refractivity contribution in [2.24, 2.45) is 5.92 Å². The van der Waals surface area contributed by atoms with Gasteiger partial charge in [0.05, 0.1) is 12.7 Å². The van der Waals surface area contributed by atoms with Crippen LogP contribution in [0, 0.1) is 5.92 Å². The standard InChI is InChI=1S/C15H29NO2/c1-13-6-2-3-8-15(13)16-9-5-10-17-12-14-7-4-11-18-14/h13-16H,2-12H2,1H3. The summed E-state index contributed by atoms with van der Waals surface area (Å²) in [5.41, 5.74) is 0. The van der Waals surface area contributed by atoms with Crippen molar-refractivity contribution in [2.45, 2.75) is 64.0 Å². The van der Waals surface area contributed by atoms with E-state index in [-0.39, 0.29) is 0 Å². The van der Waals surface area contributed by atoms with Crippen LogP contribution >= 0.6 is 0 Å². The van der Waals surface area contributed by atoms with Gasteiger partial charge in [0.1, 0.15) is 0 Å². The summed E-state index contributed by atoms with van der Waals surface area (Å²) in [5.74, 6) is 0.853. The van der Waals surface area contributed by atoms with E-state index in [4.69, 9.17) is 9.47 Å². The molecule has 0 radical (unpaired) electrons. The van der Waals surface area contributed by atoms with Crippen molar-refractivity contribution in [1.82, 2.24) is 5.32 Å².